The molecule has 0 unspecified atom stereocenters. The molecule has 0 aromatic heterocycles. The molecule has 2 nitrogen and oxygen atoms in total. The summed E-state index contributed by atoms with van der Waals surface area (Å²) in [7, 11) is 3.49. The number of carbonyl (C=O) groups is 1. The Morgan fingerprint density at radius 2 is 1.79 bits per heavy atom. The molecule has 0 spiro atoms. The van der Waals surface area contributed by atoms with Crippen LogP contribution in [-0.4, -0.2) is 29.8 Å². The van der Waals surface area contributed by atoms with Crippen molar-refractivity contribution in [1.29, 1.82) is 0 Å². The van der Waals surface area contributed by atoms with E-state index in [0.29, 0.717) is 15.6 Å². The van der Waals surface area contributed by atoms with Crippen LogP contribution < -0.4 is 0 Å². The molecule has 0 bridgehead atoms. The van der Waals surface area contributed by atoms with E-state index in [9.17, 15) is 4.79 Å². The number of carbonyl (C=O) groups excluding carboxylic acids is 1. The lowest BCUT2D eigenvalue weighted by atomic mass is 10.1. The van der Waals surface area contributed by atoms with E-state index in [1.807, 2.05) is 0 Å². The van der Waals surface area contributed by atoms with E-state index in [-0.39, 0.29) is 5.78 Å². The third-order valence-electron chi connectivity index (χ3n) is 1.71. The predicted molar refractivity (Wildman–Crippen MR) is 62.1 cm³/mol. The van der Waals surface area contributed by atoms with E-state index < -0.39 is 0 Å². The molecule has 0 atom stereocenters. The molecule has 1 aromatic carbocycles. The Labute approximate surface area is 93.5 Å². The molecule has 0 aliphatic rings. The minimum absolute atomic E-state index is 0.151. The predicted octanol–water partition coefficient (Wildman–Crippen LogP) is 2.41. The topological polar surface area (TPSA) is 20.3 Å². The summed E-state index contributed by atoms with van der Waals surface area (Å²) in [5.74, 6) is -0.151. The first kappa shape index (κ1) is 11.1. The number of ketones is 1. The Morgan fingerprint density at radius 1 is 1.29 bits per heavy atom. The minimum Gasteiger partial charge on any atom is -0.366 e. The first-order valence-electron chi connectivity index (χ1n) is 4.04. The molecule has 0 amide bonds. The first-order valence-corrected chi connectivity index (χ1v) is 4.82. The molecule has 0 N–H and O–H groups in total. The lowest BCUT2D eigenvalue weighted by Crippen LogP contribution is -2.27. The van der Waals surface area contributed by atoms with E-state index in [1.54, 1.807) is 43.3 Å². The largest absolute Gasteiger partial charge is 0.366 e. The van der Waals surface area contributed by atoms with Gasteiger partial charge in [-0.05, 0) is 24.3 Å². The van der Waals surface area contributed by atoms with Crippen molar-refractivity contribution in [3.05, 3.63) is 34.9 Å². The van der Waals surface area contributed by atoms with Crippen molar-refractivity contribution in [3.63, 3.8) is 0 Å². The standard InChI is InChI=1S/C10H10ClNOS/c1-12(2)10(14)9(13)7-3-5-8(11)6-4-7/h3-6H,1-2H3. The molecule has 0 aliphatic carbocycles. The SMILES string of the molecule is CN(C)C(=S)C(=O)c1ccc(Cl)cc1. The zero-order chi connectivity index (χ0) is 10.7. The molecule has 0 radical (unpaired) electrons. The van der Waals surface area contributed by atoms with E-state index in [1.165, 1.54) is 0 Å². The van der Waals surface area contributed by atoms with Gasteiger partial charge < -0.3 is 4.90 Å². The highest BCUT2D eigenvalue weighted by atomic mass is 35.5. The van der Waals surface area contributed by atoms with Gasteiger partial charge in [0.05, 0.1) is 0 Å². The summed E-state index contributed by atoms with van der Waals surface area (Å²) < 4.78 is 0. The quantitative estimate of drug-likeness (QED) is 0.572. The Hall–Kier alpha value is -0.930. The number of hydrogen-bond donors (Lipinski definition) is 0. The third kappa shape index (κ3) is 2.53. The fourth-order valence-electron chi connectivity index (χ4n) is 0.928. The number of rotatable bonds is 2. The van der Waals surface area contributed by atoms with Crippen LogP contribution in [0.25, 0.3) is 0 Å². The molecule has 0 heterocycles. The lowest BCUT2D eigenvalue weighted by Gasteiger charge is -2.11. The van der Waals surface area contributed by atoms with E-state index in [4.69, 9.17) is 23.8 Å². The van der Waals surface area contributed by atoms with Crippen molar-refractivity contribution in [3.8, 4) is 0 Å². The van der Waals surface area contributed by atoms with Crippen molar-refractivity contribution in [1.82, 2.24) is 4.90 Å². The van der Waals surface area contributed by atoms with Crippen molar-refractivity contribution < 1.29 is 4.79 Å². The van der Waals surface area contributed by atoms with Gasteiger partial charge in [-0.2, -0.15) is 0 Å². The maximum absolute atomic E-state index is 11.7. The van der Waals surface area contributed by atoms with Gasteiger partial charge in [0.2, 0.25) is 5.78 Å². The second-order valence-corrected chi connectivity index (χ2v) is 3.86. The summed E-state index contributed by atoms with van der Waals surface area (Å²) in [6.07, 6.45) is 0. The summed E-state index contributed by atoms with van der Waals surface area (Å²) in [6, 6.07) is 6.68. The van der Waals surface area contributed by atoms with Crippen LogP contribution in [0.4, 0.5) is 0 Å². The highest BCUT2D eigenvalue weighted by molar-refractivity contribution is 7.82. The van der Waals surface area contributed by atoms with Gasteiger partial charge in [0.15, 0.2) is 0 Å². The van der Waals surface area contributed by atoms with Crippen molar-refractivity contribution in [2.24, 2.45) is 0 Å². The van der Waals surface area contributed by atoms with E-state index >= 15 is 0 Å². The van der Waals surface area contributed by atoms with Crippen molar-refractivity contribution >= 4 is 34.6 Å². The van der Waals surface area contributed by atoms with Gasteiger partial charge in [-0.15, -0.1) is 0 Å². The summed E-state index contributed by atoms with van der Waals surface area (Å²) >= 11 is 10.7. The molecule has 0 fully saturated rings. The summed E-state index contributed by atoms with van der Waals surface area (Å²) in [4.78, 5) is 13.6. The number of likely N-dealkylation sites (N-methyl/N-ethyl adjacent to an activating group) is 1. The van der Waals surface area contributed by atoms with Crippen LogP contribution in [-0.2, 0) is 0 Å². The van der Waals surface area contributed by atoms with Crippen LogP contribution in [0.1, 0.15) is 10.4 Å². The molecule has 0 saturated carbocycles. The number of nitrogens with zero attached hydrogens (tertiary/aromatic N) is 1. The molecular formula is C10H10ClNOS. The fourth-order valence-corrected chi connectivity index (χ4v) is 1.17. The second-order valence-electron chi connectivity index (χ2n) is 3.04. The highest BCUT2D eigenvalue weighted by Crippen LogP contribution is 2.10. The summed E-state index contributed by atoms with van der Waals surface area (Å²) in [6.45, 7) is 0. The van der Waals surface area contributed by atoms with Gasteiger partial charge in [0, 0.05) is 24.7 Å². The molecule has 74 valence electrons. The highest BCUT2D eigenvalue weighted by Gasteiger charge is 2.13. The van der Waals surface area contributed by atoms with E-state index in [0.717, 1.165) is 0 Å². The van der Waals surface area contributed by atoms with Gasteiger partial charge in [-0.3, -0.25) is 4.79 Å². The number of benzene rings is 1. The monoisotopic (exact) mass is 227 g/mol. The smallest absolute Gasteiger partial charge is 0.220 e. The molecule has 1 rings (SSSR count). The number of hydrogen-bond acceptors (Lipinski definition) is 2. The normalized spacial score (nSPS) is 9.64. The molecule has 4 heteroatoms. The van der Waals surface area contributed by atoms with Crippen LogP contribution in [0.3, 0.4) is 0 Å². The Morgan fingerprint density at radius 3 is 2.21 bits per heavy atom. The summed E-state index contributed by atoms with van der Waals surface area (Å²) in [5, 5.41) is 0.609. The van der Waals surface area contributed by atoms with Gasteiger partial charge in [-0.25, -0.2) is 0 Å². The first-order chi connectivity index (χ1) is 6.52. The van der Waals surface area contributed by atoms with Crippen LogP contribution in [0.2, 0.25) is 5.02 Å². The Kier molecular flexibility index (Phi) is 3.61. The van der Waals surface area contributed by atoms with Crippen molar-refractivity contribution in [2.45, 2.75) is 0 Å². The van der Waals surface area contributed by atoms with Crippen molar-refractivity contribution in [2.75, 3.05) is 14.1 Å². The molecular weight excluding hydrogens is 218 g/mol. The van der Waals surface area contributed by atoms with E-state index in [2.05, 4.69) is 0 Å². The Bertz CT molecular complexity index is 359. The minimum atomic E-state index is -0.151. The van der Waals surface area contributed by atoms with Crippen LogP contribution in [0.5, 0.6) is 0 Å². The number of Topliss-reactive ketones (excluding diaryl/α,β-unsaturated/α-hetero) is 1. The average molecular weight is 228 g/mol. The lowest BCUT2D eigenvalue weighted by molar-refractivity contribution is 0.105. The molecule has 1 aromatic rings. The van der Waals surface area contributed by atoms with Gasteiger partial charge in [-0.1, -0.05) is 23.8 Å². The molecule has 0 saturated heterocycles. The molecule has 14 heavy (non-hydrogen) atoms. The van der Waals surface area contributed by atoms with Crippen LogP contribution in [0.15, 0.2) is 24.3 Å². The Balaban J connectivity index is 2.90. The second kappa shape index (κ2) is 4.53. The number of thiocarbonyl (C=S) groups is 1. The number of halogens is 1. The van der Waals surface area contributed by atoms with Crippen LogP contribution >= 0.6 is 23.8 Å². The third-order valence-corrected chi connectivity index (χ3v) is 2.51. The summed E-state index contributed by atoms with van der Waals surface area (Å²) in [5.41, 5.74) is 0.563. The van der Waals surface area contributed by atoms with Gasteiger partial charge in [0.1, 0.15) is 4.99 Å². The maximum atomic E-state index is 11.7. The zero-order valence-corrected chi connectivity index (χ0v) is 9.52. The maximum Gasteiger partial charge on any atom is 0.220 e. The van der Waals surface area contributed by atoms with Gasteiger partial charge >= 0.3 is 0 Å². The average Bonchev–Trinajstić information content (AvgIpc) is 2.16. The van der Waals surface area contributed by atoms with Crippen LogP contribution in [0, 0.1) is 0 Å². The molecule has 0 aliphatic heterocycles. The van der Waals surface area contributed by atoms with Gasteiger partial charge in [0.25, 0.3) is 0 Å². The zero-order valence-electron chi connectivity index (χ0n) is 7.95. The fraction of sp³-hybridized carbons (Fsp3) is 0.200.